The molecule has 3 aromatic carbocycles. The number of fused-ring (bicyclic) bond motifs is 4. The first kappa shape index (κ1) is 24.1. The van der Waals surface area contributed by atoms with Crippen molar-refractivity contribution in [3.05, 3.63) is 70.8 Å². The second-order valence-electron chi connectivity index (χ2n) is 11.0. The monoisotopic (exact) mass is 522 g/mol. The van der Waals surface area contributed by atoms with E-state index in [9.17, 15) is 0 Å². The lowest BCUT2D eigenvalue weighted by molar-refractivity contribution is 0.161. The molecule has 3 aliphatic rings. The summed E-state index contributed by atoms with van der Waals surface area (Å²) in [5.41, 5.74) is 6.69. The lowest BCUT2D eigenvalue weighted by Gasteiger charge is -2.45. The van der Waals surface area contributed by atoms with Crippen LogP contribution in [0.1, 0.15) is 24.0 Å². The van der Waals surface area contributed by atoms with Crippen molar-refractivity contribution >= 4 is 22.3 Å². The smallest absolute Gasteiger partial charge is 0.197 e. The summed E-state index contributed by atoms with van der Waals surface area (Å²) in [5.74, 6) is 0.549. The van der Waals surface area contributed by atoms with E-state index in [0.29, 0.717) is 36.0 Å². The van der Waals surface area contributed by atoms with Gasteiger partial charge in [-0.15, -0.1) is 0 Å². The molecule has 0 radical (unpaired) electrons. The van der Waals surface area contributed by atoms with E-state index in [0.717, 1.165) is 70.4 Å². The molecule has 198 valence electrons. The Hall–Kier alpha value is -3.93. The van der Waals surface area contributed by atoms with Crippen LogP contribution in [0.5, 0.6) is 5.75 Å². The first-order chi connectivity index (χ1) is 19.0. The maximum Gasteiger partial charge on any atom is 0.197 e. The maximum atomic E-state index is 15.4. The zero-order valence-electron chi connectivity index (χ0n) is 22.2. The van der Waals surface area contributed by atoms with Crippen LogP contribution < -0.4 is 15.0 Å². The van der Waals surface area contributed by atoms with Crippen LogP contribution in [0.2, 0.25) is 0 Å². The number of rotatable bonds is 5. The van der Waals surface area contributed by atoms with Crippen LogP contribution >= 0.6 is 0 Å². The van der Waals surface area contributed by atoms with Crippen LogP contribution in [-0.2, 0) is 6.54 Å². The second-order valence-corrected chi connectivity index (χ2v) is 11.0. The van der Waals surface area contributed by atoms with Crippen molar-refractivity contribution < 1.29 is 9.13 Å². The Labute approximate surface area is 227 Å². The number of hydrogen-bond acceptors (Lipinski definition) is 5. The Kier molecular flexibility index (Phi) is 5.80. The van der Waals surface area contributed by atoms with Gasteiger partial charge in [0.2, 0.25) is 0 Å². The molecule has 4 aromatic rings. The number of nitrogens with one attached hydrogen (secondary N) is 2. The fraction of sp³-hybridized carbons (Fsp3) is 0.355. The molecule has 8 heteroatoms. The van der Waals surface area contributed by atoms with E-state index in [1.165, 1.54) is 12.8 Å². The number of anilines is 1. The molecule has 1 saturated heterocycles. The van der Waals surface area contributed by atoms with Gasteiger partial charge in [-0.25, -0.2) is 9.24 Å². The van der Waals surface area contributed by atoms with Gasteiger partial charge < -0.3 is 15.0 Å². The summed E-state index contributed by atoms with van der Waals surface area (Å²) < 4.78 is 21.7. The Bertz CT molecular complexity index is 1610. The molecular weight excluding hydrogens is 491 g/mol. The number of aryl methyl sites for hydroxylation is 1. The van der Waals surface area contributed by atoms with Gasteiger partial charge in [-0.3, -0.25) is 10.00 Å². The van der Waals surface area contributed by atoms with Crippen molar-refractivity contribution in [1.29, 1.82) is 0 Å². The lowest BCUT2D eigenvalue weighted by Crippen LogP contribution is -2.57. The summed E-state index contributed by atoms with van der Waals surface area (Å²) in [4.78, 5) is 8.84. The van der Waals surface area contributed by atoms with Gasteiger partial charge in [0.1, 0.15) is 18.2 Å². The Morgan fingerprint density at radius 1 is 1.15 bits per heavy atom. The SMILES string of the molecule is [C-]#[N+]c1cc2[nH]nc(-c3ccc4c(c3)OC[C@@H]3CN(C5CC5)CCN43)c2cc1-c1c(C)cc(CNC)cc1F. The summed E-state index contributed by atoms with van der Waals surface area (Å²) in [6.07, 6.45) is 2.66. The van der Waals surface area contributed by atoms with E-state index in [1.807, 2.05) is 26.1 Å². The topological polar surface area (TPSA) is 60.8 Å². The van der Waals surface area contributed by atoms with Crippen LogP contribution in [-0.4, -0.2) is 60.5 Å². The molecule has 1 aliphatic carbocycles. The van der Waals surface area contributed by atoms with E-state index < -0.39 is 0 Å². The van der Waals surface area contributed by atoms with E-state index in [-0.39, 0.29) is 5.82 Å². The fourth-order valence-corrected chi connectivity index (χ4v) is 6.34. The highest BCUT2D eigenvalue weighted by atomic mass is 19.1. The van der Waals surface area contributed by atoms with Crippen LogP contribution in [0, 0.1) is 19.3 Å². The summed E-state index contributed by atoms with van der Waals surface area (Å²) in [6.45, 7) is 14.1. The van der Waals surface area contributed by atoms with Crippen LogP contribution in [0.25, 0.3) is 38.1 Å². The molecular formula is C31H31FN6O. The quantitative estimate of drug-likeness (QED) is 0.331. The highest BCUT2D eigenvalue weighted by Crippen LogP contribution is 2.43. The van der Waals surface area contributed by atoms with Crippen molar-refractivity contribution in [2.45, 2.75) is 38.4 Å². The third-order valence-corrected chi connectivity index (χ3v) is 8.35. The summed E-state index contributed by atoms with van der Waals surface area (Å²) >= 11 is 0. The highest BCUT2D eigenvalue weighted by molar-refractivity contribution is 6.00. The number of aromatic amines is 1. The van der Waals surface area contributed by atoms with Crippen molar-refractivity contribution in [3.63, 3.8) is 0 Å². The largest absolute Gasteiger partial charge is 0.489 e. The zero-order chi connectivity index (χ0) is 26.7. The van der Waals surface area contributed by atoms with Gasteiger partial charge in [0.25, 0.3) is 0 Å². The minimum Gasteiger partial charge on any atom is -0.489 e. The fourth-order valence-electron chi connectivity index (χ4n) is 6.34. The third-order valence-electron chi connectivity index (χ3n) is 8.35. The van der Waals surface area contributed by atoms with Crippen LogP contribution in [0.4, 0.5) is 15.8 Å². The molecule has 7 rings (SSSR count). The zero-order valence-corrected chi connectivity index (χ0v) is 22.2. The third kappa shape index (κ3) is 4.13. The molecule has 0 spiro atoms. The predicted molar refractivity (Wildman–Crippen MR) is 152 cm³/mol. The van der Waals surface area contributed by atoms with Gasteiger partial charge in [0.05, 0.1) is 29.5 Å². The minimum absolute atomic E-state index is 0.326. The number of hydrogen-bond donors (Lipinski definition) is 2. The van der Waals surface area contributed by atoms with Crippen molar-refractivity contribution in [2.24, 2.45) is 0 Å². The van der Waals surface area contributed by atoms with Gasteiger partial charge in [-0.2, -0.15) is 5.10 Å². The number of H-pyrrole nitrogens is 1. The normalized spacial score (nSPS) is 18.9. The van der Waals surface area contributed by atoms with Gasteiger partial charge in [0.15, 0.2) is 5.69 Å². The van der Waals surface area contributed by atoms with E-state index in [2.05, 4.69) is 48.4 Å². The molecule has 0 bridgehead atoms. The molecule has 7 nitrogen and oxygen atoms in total. The summed E-state index contributed by atoms with van der Waals surface area (Å²) in [5, 5.41) is 11.6. The Morgan fingerprint density at radius 3 is 2.79 bits per heavy atom. The maximum absolute atomic E-state index is 15.4. The van der Waals surface area contributed by atoms with Gasteiger partial charge in [0, 0.05) is 48.7 Å². The van der Waals surface area contributed by atoms with Crippen LogP contribution in [0.15, 0.2) is 42.5 Å². The Balaban J connectivity index is 1.26. The molecule has 2 fully saturated rings. The van der Waals surface area contributed by atoms with Crippen molar-refractivity contribution in [1.82, 2.24) is 20.4 Å². The average molecular weight is 523 g/mol. The number of nitrogens with zero attached hydrogens (tertiary/aromatic N) is 4. The molecule has 1 atom stereocenters. The number of ether oxygens (including phenoxy) is 1. The van der Waals surface area contributed by atoms with Gasteiger partial charge >= 0.3 is 0 Å². The van der Waals surface area contributed by atoms with Crippen molar-refractivity contribution in [3.8, 4) is 28.1 Å². The number of piperazine rings is 1. The molecule has 2 aliphatic heterocycles. The summed E-state index contributed by atoms with van der Waals surface area (Å²) in [7, 11) is 1.84. The minimum atomic E-state index is -0.326. The van der Waals surface area contributed by atoms with E-state index in [1.54, 1.807) is 12.1 Å². The van der Waals surface area contributed by atoms with Crippen molar-refractivity contribution in [2.75, 3.05) is 38.2 Å². The lowest BCUT2D eigenvalue weighted by atomic mass is 9.94. The second kappa shape index (κ2) is 9.37. The first-order valence-electron chi connectivity index (χ1n) is 13.7. The standard InChI is InChI=1S/C31H31FN6O/c1-18-10-19(15-33-2)11-25(32)30(18)23-13-24-27(14-26(23)34-3)35-36-31(24)20-4-7-28-29(12-20)39-17-22-16-37(21-5-6-21)8-9-38(22)28/h4,7,10-14,21-22,33H,5-6,8-9,15-17H2,1-2H3,(H,35,36)/t22-/m0/s1. The summed E-state index contributed by atoms with van der Waals surface area (Å²) in [6, 6.07) is 14.7. The number of halogens is 1. The molecule has 39 heavy (non-hydrogen) atoms. The van der Waals surface area contributed by atoms with E-state index in [4.69, 9.17) is 11.3 Å². The molecule has 0 amide bonds. The number of benzene rings is 3. The molecule has 3 heterocycles. The van der Waals surface area contributed by atoms with Gasteiger partial charge in [-0.1, -0.05) is 18.2 Å². The van der Waals surface area contributed by atoms with Crippen LogP contribution in [0.3, 0.4) is 0 Å². The first-order valence-corrected chi connectivity index (χ1v) is 13.7. The Morgan fingerprint density at radius 2 is 2.03 bits per heavy atom. The average Bonchev–Trinajstić information content (AvgIpc) is 3.71. The molecule has 2 N–H and O–H groups in total. The van der Waals surface area contributed by atoms with Gasteiger partial charge in [-0.05, 0) is 67.8 Å². The van der Waals surface area contributed by atoms with E-state index >= 15 is 4.39 Å². The molecule has 0 unspecified atom stereocenters. The molecule has 1 aromatic heterocycles. The predicted octanol–water partition coefficient (Wildman–Crippen LogP) is 5.66. The number of aromatic nitrogens is 2. The molecule has 1 saturated carbocycles. The highest BCUT2D eigenvalue weighted by Gasteiger charge is 2.38.